The molecule has 28 heavy (non-hydrogen) atoms. The SMILES string of the molecule is O=C(N[C@H]1CCC[C@@H]1Nc1nc2ccc(F)cc2s1)c1ccccc1C1CC1. The first kappa shape index (κ1) is 17.6. The van der Waals surface area contributed by atoms with Gasteiger partial charge in [-0.05, 0) is 67.9 Å². The number of aromatic nitrogens is 1. The maximum Gasteiger partial charge on any atom is 0.251 e. The highest BCUT2D eigenvalue weighted by molar-refractivity contribution is 7.22. The highest BCUT2D eigenvalue weighted by atomic mass is 32.1. The van der Waals surface area contributed by atoms with E-state index in [1.807, 2.05) is 18.2 Å². The molecule has 0 spiro atoms. The molecule has 0 unspecified atom stereocenters. The number of hydrogen-bond acceptors (Lipinski definition) is 4. The maximum absolute atomic E-state index is 13.4. The molecule has 3 aromatic rings. The quantitative estimate of drug-likeness (QED) is 0.634. The average Bonchev–Trinajstić information content (AvgIpc) is 3.34. The van der Waals surface area contributed by atoms with Gasteiger partial charge in [0.25, 0.3) is 5.91 Å². The lowest BCUT2D eigenvalue weighted by atomic mass is 10.0. The number of halogens is 1. The molecule has 1 aromatic heterocycles. The van der Waals surface area contributed by atoms with Crippen molar-refractivity contribution in [2.24, 2.45) is 0 Å². The molecule has 144 valence electrons. The molecule has 0 bridgehead atoms. The van der Waals surface area contributed by atoms with Crippen molar-refractivity contribution in [3.05, 3.63) is 59.4 Å². The summed E-state index contributed by atoms with van der Waals surface area (Å²) in [7, 11) is 0. The maximum atomic E-state index is 13.4. The van der Waals surface area contributed by atoms with Gasteiger partial charge < -0.3 is 10.6 Å². The third-order valence-corrected chi connectivity index (χ3v) is 6.66. The third-order valence-electron chi connectivity index (χ3n) is 5.71. The topological polar surface area (TPSA) is 54.0 Å². The second-order valence-electron chi connectivity index (χ2n) is 7.75. The van der Waals surface area contributed by atoms with Gasteiger partial charge in [0.1, 0.15) is 5.82 Å². The predicted octanol–water partition coefficient (Wildman–Crippen LogP) is 5.08. The molecule has 4 nitrogen and oxygen atoms in total. The van der Waals surface area contributed by atoms with Crippen LogP contribution in [0.15, 0.2) is 42.5 Å². The molecular weight excluding hydrogens is 373 g/mol. The van der Waals surface area contributed by atoms with Gasteiger partial charge in [0, 0.05) is 17.6 Å². The Balaban J connectivity index is 1.30. The van der Waals surface area contributed by atoms with E-state index >= 15 is 0 Å². The summed E-state index contributed by atoms with van der Waals surface area (Å²) >= 11 is 1.46. The molecule has 0 radical (unpaired) electrons. The van der Waals surface area contributed by atoms with Crippen molar-refractivity contribution < 1.29 is 9.18 Å². The Morgan fingerprint density at radius 1 is 1.07 bits per heavy atom. The zero-order valence-electron chi connectivity index (χ0n) is 15.5. The lowest BCUT2D eigenvalue weighted by Crippen LogP contribution is -2.43. The van der Waals surface area contributed by atoms with E-state index in [1.54, 1.807) is 6.07 Å². The van der Waals surface area contributed by atoms with Crippen LogP contribution in [-0.2, 0) is 0 Å². The van der Waals surface area contributed by atoms with Gasteiger partial charge in [-0.25, -0.2) is 9.37 Å². The molecule has 2 aliphatic rings. The summed E-state index contributed by atoms with van der Waals surface area (Å²) in [6.45, 7) is 0. The molecule has 2 N–H and O–H groups in total. The second-order valence-corrected chi connectivity index (χ2v) is 8.78. The molecule has 2 atom stereocenters. The van der Waals surface area contributed by atoms with Crippen molar-refractivity contribution in [2.45, 2.75) is 50.1 Å². The minimum Gasteiger partial charge on any atom is -0.357 e. The molecule has 2 fully saturated rings. The summed E-state index contributed by atoms with van der Waals surface area (Å²) < 4.78 is 14.3. The van der Waals surface area contributed by atoms with Gasteiger partial charge >= 0.3 is 0 Å². The zero-order valence-corrected chi connectivity index (χ0v) is 16.3. The van der Waals surface area contributed by atoms with Crippen molar-refractivity contribution in [1.82, 2.24) is 10.3 Å². The number of benzene rings is 2. The van der Waals surface area contributed by atoms with Crippen LogP contribution in [0.4, 0.5) is 9.52 Å². The molecule has 1 heterocycles. The number of nitrogens with zero attached hydrogens (tertiary/aromatic N) is 1. The average molecular weight is 396 g/mol. The van der Waals surface area contributed by atoms with Crippen molar-refractivity contribution in [2.75, 3.05) is 5.32 Å². The van der Waals surface area contributed by atoms with Crippen molar-refractivity contribution >= 4 is 32.6 Å². The van der Waals surface area contributed by atoms with E-state index in [0.29, 0.717) is 5.92 Å². The first-order valence-corrected chi connectivity index (χ1v) is 10.7. The fraction of sp³-hybridized carbons (Fsp3) is 0.364. The van der Waals surface area contributed by atoms with Gasteiger partial charge in [0.15, 0.2) is 5.13 Å². The van der Waals surface area contributed by atoms with E-state index < -0.39 is 0 Å². The van der Waals surface area contributed by atoms with Gasteiger partial charge in [0.2, 0.25) is 0 Å². The lowest BCUT2D eigenvalue weighted by Gasteiger charge is -2.22. The number of hydrogen-bond donors (Lipinski definition) is 2. The highest BCUT2D eigenvalue weighted by Crippen LogP contribution is 2.41. The van der Waals surface area contributed by atoms with Crippen molar-refractivity contribution in [3.8, 4) is 0 Å². The first-order valence-electron chi connectivity index (χ1n) is 9.90. The van der Waals surface area contributed by atoms with Crippen LogP contribution in [0.5, 0.6) is 0 Å². The normalized spacial score (nSPS) is 21.8. The number of rotatable bonds is 5. The first-order chi connectivity index (χ1) is 13.7. The predicted molar refractivity (Wildman–Crippen MR) is 111 cm³/mol. The Morgan fingerprint density at radius 2 is 1.89 bits per heavy atom. The Hall–Kier alpha value is -2.47. The third kappa shape index (κ3) is 3.49. The van der Waals surface area contributed by atoms with E-state index in [4.69, 9.17) is 0 Å². The van der Waals surface area contributed by atoms with Gasteiger partial charge in [-0.2, -0.15) is 0 Å². The zero-order chi connectivity index (χ0) is 19.1. The van der Waals surface area contributed by atoms with Gasteiger partial charge in [-0.3, -0.25) is 4.79 Å². The number of carbonyl (C=O) groups is 1. The fourth-order valence-corrected chi connectivity index (χ4v) is 5.08. The Bertz CT molecular complexity index is 1030. The summed E-state index contributed by atoms with van der Waals surface area (Å²) in [5, 5.41) is 7.51. The van der Waals surface area contributed by atoms with E-state index in [9.17, 15) is 9.18 Å². The minimum atomic E-state index is -0.247. The Labute approximate surface area is 167 Å². The van der Waals surface area contributed by atoms with E-state index in [1.165, 1.54) is 41.9 Å². The standard InChI is InChI=1S/C22H22FN3OS/c23-14-10-11-19-20(12-14)28-22(26-19)25-18-7-3-6-17(18)24-21(27)16-5-2-1-4-15(16)13-8-9-13/h1-2,4-5,10-13,17-18H,3,6-9H2,(H,24,27)(H,25,26)/t17-,18-/m0/s1. The van der Waals surface area contributed by atoms with E-state index in [2.05, 4.69) is 21.7 Å². The molecule has 5 rings (SSSR count). The summed E-state index contributed by atoms with van der Waals surface area (Å²) in [5.74, 6) is 0.318. The Kier molecular flexibility index (Phi) is 4.51. The number of amides is 1. The van der Waals surface area contributed by atoms with Gasteiger partial charge in [-0.15, -0.1) is 0 Å². The molecular formula is C22H22FN3OS. The van der Waals surface area contributed by atoms with Crippen LogP contribution < -0.4 is 10.6 Å². The van der Waals surface area contributed by atoms with Crippen LogP contribution in [0, 0.1) is 5.82 Å². The van der Waals surface area contributed by atoms with Crippen LogP contribution in [-0.4, -0.2) is 23.0 Å². The fourth-order valence-electron chi connectivity index (χ4n) is 4.12. The van der Waals surface area contributed by atoms with Gasteiger partial charge in [0.05, 0.1) is 10.2 Å². The van der Waals surface area contributed by atoms with Crippen LogP contribution in [0.25, 0.3) is 10.2 Å². The van der Waals surface area contributed by atoms with Gasteiger partial charge in [-0.1, -0.05) is 29.5 Å². The second kappa shape index (κ2) is 7.17. The lowest BCUT2D eigenvalue weighted by molar-refractivity contribution is 0.0935. The number of fused-ring (bicyclic) bond motifs is 1. The van der Waals surface area contributed by atoms with E-state index in [0.717, 1.165) is 40.2 Å². The molecule has 0 saturated heterocycles. The van der Waals surface area contributed by atoms with E-state index in [-0.39, 0.29) is 23.8 Å². The molecule has 0 aliphatic heterocycles. The summed E-state index contributed by atoms with van der Waals surface area (Å²) in [5.41, 5.74) is 2.78. The van der Waals surface area contributed by atoms with Crippen LogP contribution >= 0.6 is 11.3 Å². The van der Waals surface area contributed by atoms with Crippen LogP contribution in [0.2, 0.25) is 0 Å². The number of thiazole rings is 1. The number of carbonyl (C=O) groups excluding carboxylic acids is 1. The smallest absolute Gasteiger partial charge is 0.251 e. The molecule has 2 saturated carbocycles. The van der Waals surface area contributed by atoms with Crippen molar-refractivity contribution in [1.29, 1.82) is 0 Å². The highest BCUT2D eigenvalue weighted by Gasteiger charge is 2.32. The molecule has 6 heteroatoms. The minimum absolute atomic E-state index is 0.0209. The summed E-state index contributed by atoms with van der Waals surface area (Å²) in [4.78, 5) is 17.5. The van der Waals surface area contributed by atoms with Crippen LogP contribution in [0.1, 0.15) is 53.9 Å². The molecule has 1 amide bonds. The number of anilines is 1. The number of nitrogens with one attached hydrogen (secondary N) is 2. The van der Waals surface area contributed by atoms with Crippen LogP contribution in [0.3, 0.4) is 0 Å². The molecule has 2 aromatic carbocycles. The monoisotopic (exact) mass is 395 g/mol. The molecule has 2 aliphatic carbocycles. The Morgan fingerprint density at radius 3 is 2.75 bits per heavy atom. The largest absolute Gasteiger partial charge is 0.357 e. The van der Waals surface area contributed by atoms with Crippen molar-refractivity contribution in [3.63, 3.8) is 0 Å². The summed E-state index contributed by atoms with van der Waals surface area (Å²) in [6, 6.07) is 12.8. The summed E-state index contributed by atoms with van der Waals surface area (Å²) in [6.07, 6.45) is 5.35.